The van der Waals surface area contributed by atoms with Gasteiger partial charge in [0.15, 0.2) is 6.29 Å². The Hall–Kier alpha value is -1.67. The van der Waals surface area contributed by atoms with Crippen molar-refractivity contribution in [3.05, 3.63) is 33.3 Å². The highest BCUT2D eigenvalue weighted by Crippen LogP contribution is 2.24. The zero-order valence-corrected chi connectivity index (χ0v) is 10.1. The van der Waals surface area contributed by atoms with E-state index in [-0.39, 0.29) is 12.0 Å². The summed E-state index contributed by atoms with van der Waals surface area (Å²) in [6.07, 6.45) is 0.663. The molecule has 1 aromatic carbocycles. The highest BCUT2D eigenvalue weighted by Gasteiger charge is 2.13. The van der Waals surface area contributed by atoms with Gasteiger partial charge in [-0.3, -0.25) is 9.59 Å². The minimum absolute atomic E-state index is 0.0604. The number of esters is 1. The highest BCUT2D eigenvalue weighted by atomic mass is 79.9. The molecule has 0 aliphatic heterocycles. The fourth-order valence-electron chi connectivity index (χ4n) is 1.21. The van der Waals surface area contributed by atoms with Gasteiger partial charge in [-0.25, -0.2) is 0 Å². The molecule has 0 saturated heterocycles. The first-order valence-electron chi connectivity index (χ1n) is 4.37. The van der Waals surface area contributed by atoms with E-state index in [0.717, 1.165) is 0 Å². The van der Waals surface area contributed by atoms with Crippen molar-refractivity contribution in [2.45, 2.75) is 6.42 Å². The molecular weight excluding hydrogens is 274 g/mol. The predicted octanol–water partition coefficient (Wildman–Crippen LogP) is 1.85. The van der Waals surface area contributed by atoms with E-state index in [1.54, 1.807) is 6.07 Å². The van der Waals surface area contributed by atoms with E-state index >= 15 is 0 Å². The molecule has 0 saturated carbocycles. The smallest absolute Gasteiger partial charge is 0.310 e. The minimum atomic E-state index is -0.400. The number of carbonyl (C=O) groups is 2. The Morgan fingerprint density at radius 3 is 2.81 bits per heavy atom. The molecule has 0 heterocycles. The Bertz CT molecular complexity index is 477. The Morgan fingerprint density at radius 2 is 2.31 bits per heavy atom. The topological polar surface area (TPSA) is 67.2 Å². The molecule has 0 spiro atoms. The van der Waals surface area contributed by atoms with Crippen LogP contribution in [0.15, 0.2) is 16.6 Å². The molecule has 0 radical (unpaired) electrons. The van der Waals surface area contributed by atoms with Crippen LogP contribution >= 0.6 is 15.9 Å². The Morgan fingerprint density at radius 1 is 1.62 bits per heavy atom. The average Bonchev–Trinajstić information content (AvgIpc) is 2.31. The SMILES string of the molecule is COC(=O)Cc1ccc(C=O)c(C#N)c1Br. The Balaban J connectivity index is 3.20. The summed E-state index contributed by atoms with van der Waals surface area (Å²) in [6.45, 7) is 0. The molecule has 0 fully saturated rings. The number of nitrogens with zero attached hydrogens (tertiary/aromatic N) is 1. The molecule has 4 nitrogen and oxygen atoms in total. The number of halogens is 1. The monoisotopic (exact) mass is 281 g/mol. The van der Waals surface area contributed by atoms with Crippen molar-refractivity contribution in [1.82, 2.24) is 0 Å². The lowest BCUT2D eigenvalue weighted by atomic mass is 10.0. The lowest BCUT2D eigenvalue weighted by Crippen LogP contribution is -2.06. The summed E-state index contributed by atoms with van der Waals surface area (Å²) in [6, 6.07) is 5.04. The van der Waals surface area contributed by atoms with Crippen molar-refractivity contribution in [2.75, 3.05) is 7.11 Å². The van der Waals surface area contributed by atoms with Crippen molar-refractivity contribution in [3.8, 4) is 6.07 Å². The fourth-order valence-corrected chi connectivity index (χ4v) is 1.80. The number of hydrogen-bond acceptors (Lipinski definition) is 4. The van der Waals surface area contributed by atoms with Gasteiger partial charge in [-0.1, -0.05) is 6.07 Å². The van der Waals surface area contributed by atoms with Crippen molar-refractivity contribution in [2.24, 2.45) is 0 Å². The number of nitriles is 1. The number of ether oxygens (including phenoxy) is 1. The molecule has 16 heavy (non-hydrogen) atoms. The lowest BCUT2D eigenvalue weighted by molar-refractivity contribution is -0.139. The van der Waals surface area contributed by atoms with Crippen LogP contribution < -0.4 is 0 Å². The van der Waals surface area contributed by atoms with Gasteiger partial charge in [-0.2, -0.15) is 5.26 Å². The average molecular weight is 282 g/mol. The van der Waals surface area contributed by atoms with Gasteiger partial charge in [-0.15, -0.1) is 0 Å². The summed E-state index contributed by atoms with van der Waals surface area (Å²) in [5.41, 5.74) is 1.15. The number of benzene rings is 1. The second kappa shape index (κ2) is 5.42. The maximum atomic E-state index is 11.1. The van der Waals surface area contributed by atoms with Gasteiger partial charge in [0.25, 0.3) is 0 Å². The third kappa shape index (κ3) is 2.47. The van der Waals surface area contributed by atoms with Crippen LogP contribution in [0.2, 0.25) is 0 Å². The second-order valence-electron chi connectivity index (χ2n) is 2.99. The first-order chi connectivity index (χ1) is 7.63. The van der Waals surface area contributed by atoms with E-state index in [1.807, 2.05) is 6.07 Å². The Kier molecular flexibility index (Phi) is 4.20. The second-order valence-corrected chi connectivity index (χ2v) is 3.78. The molecule has 0 N–H and O–H groups in total. The molecule has 0 unspecified atom stereocenters. The van der Waals surface area contributed by atoms with Gasteiger partial charge in [-0.05, 0) is 27.6 Å². The summed E-state index contributed by atoms with van der Waals surface area (Å²) < 4.78 is 4.99. The zero-order chi connectivity index (χ0) is 12.1. The number of rotatable bonds is 3. The van der Waals surface area contributed by atoms with Crippen LogP contribution in [0.5, 0.6) is 0 Å². The standard InChI is InChI=1S/C11H8BrNO3/c1-16-10(15)4-7-2-3-8(6-14)9(5-13)11(7)12/h2-3,6H,4H2,1H3. The first kappa shape index (κ1) is 12.4. The van der Waals surface area contributed by atoms with E-state index in [4.69, 9.17) is 5.26 Å². The maximum Gasteiger partial charge on any atom is 0.310 e. The highest BCUT2D eigenvalue weighted by molar-refractivity contribution is 9.10. The molecular formula is C11H8BrNO3. The summed E-state index contributed by atoms with van der Waals surface area (Å²) in [5, 5.41) is 8.89. The maximum absolute atomic E-state index is 11.1. The number of carbonyl (C=O) groups excluding carboxylic acids is 2. The van der Waals surface area contributed by atoms with E-state index in [0.29, 0.717) is 21.9 Å². The molecule has 1 aromatic rings. The van der Waals surface area contributed by atoms with Crippen LogP contribution in [0.25, 0.3) is 0 Å². The minimum Gasteiger partial charge on any atom is -0.469 e. The van der Waals surface area contributed by atoms with Crippen LogP contribution in [-0.4, -0.2) is 19.4 Å². The summed E-state index contributed by atoms with van der Waals surface area (Å²) in [7, 11) is 1.29. The van der Waals surface area contributed by atoms with E-state index < -0.39 is 5.97 Å². The van der Waals surface area contributed by atoms with Crippen molar-refractivity contribution in [1.29, 1.82) is 5.26 Å². The fraction of sp³-hybridized carbons (Fsp3) is 0.182. The van der Waals surface area contributed by atoms with Crippen molar-refractivity contribution >= 4 is 28.2 Å². The first-order valence-corrected chi connectivity index (χ1v) is 5.16. The predicted molar refractivity (Wildman–Crippen MR) is 60.0 cm³/mol. The van der Waals surface area contributed by atoms with Gasteiger partial charge in [0, 0.05) is 10.0 Å². The lowest BCUT2D eigenvalue weighted by Gasteiger charge is -2.06. The molecule has 5 heteroatoms. The quantitative estimate of drug-likeness (QED) is 0.626. The molecule has 0 aliphatic carbocycles. The van der Waals surface area contributed by atoms with E-state index in [1.165, 1.54) is 13.2 Å². The van der Waals surface area contributed by atoms with Gasteiger partial charge in [0.05, 0.1) is 19.1 Å². The normalized spacial score (nSPS) is 9.31. The number of hydrogen-bond donors (Lipinski definition) is 0. The molecule has 0 amide bonds. The van der Waals surface area contributed by atoms with Crippen molar-refractivity contribution < 1.29 is 14.3 Å². The largest absolute Gasteiger partial charge is 0.469 e. The van der Waals surface area contributed by atoms with E-state index in [9.17, 15) is 9.59 Å². The van der Waals surface area contributed by atoms with Crippen LogP contribution in [-0.2, 0) is 16.0 Å². The summed E-state index contributed by atoms with van der Waals surface area (Å²) >= 11 is 3.20. The number of methoxy groups -OCH3 is 1. The number of aldehydes is 1. The molecule has 0 bridgehead atoms. The van der Waals surface area contributed by atoms with Crippen LogP contribution in [0.3, 0.4) is 0 Å². The third-order valence-corrected chi connectivity index (χ3v) is 2.96. The summed E-state index contributed by atoms with van der Waals surface area (Å²) in [5.74, 6) is -0.400. The summed E-state index contributed by atoms with van der Waals surface area (Å²) in [4.78, 5) is 21.8. The molecule has 82 valence electrons. The molecule has 0 atom stereocenters. The zero-order valence-electron chi connectivity index (χ0n) is 8.49. The molecule has 0 aromatic heterocycles. The molecule has 1 rings (SSSR count). The van der Waals surface area contributed by atoms with Gasteiger partial charge in [0.2, 0.25) is 0 Å². The van der Waals surface area contributed by atoms with E-state index in [2.05, 4.69) is 20.7 Å². The van der Waals surface area contributed by atoms with Crippen LogP contribution in [0.1, 0.15) is 21.5 Å². The Labute approximate surface area is 101 Å². The van der Waals surface area contributed by atoms with Gasteiger partial charge < -0.3 is 4.74 Å². The van der Waals surface area contributed by atoms with Crippen LogP contribution in [0.4, 0.5) is 0 Å². The van der Waals surface area contributed by atoms with Gasteiger partial charge in [0.1, 0.15) is 6.07 Å². The third-order valence-electron chi connectivity index (χ3n) is 2.06. The van der Waals surface area contributed by atoms with Crippen LogP contribution in [0, 0.1) is 11.3 Å². The van der Waals surface area contributed by atoms with Crippen molar-refractivity contribution in [3.63, 3.8) is 0 Å². The molecule has 0 aliphatic rings. The van der Waals surface area contributed by atoms with Gasteiger partial charge >= 0.3 is 5.97 Å².